The number of hydrogen-bond acceptors (Lipinski definition) is 1. The molecule has 0 radical (unpaired) electrons. The van der Waals surface area contributed by atoms with Crippen LogP contribution in [0, 0.1) is 0 Å². The van der Waals surface area contributed by atoms with Crippen LogP contribution in [-0.4, -0.2) is 40.8 Å². The van der Waals surface area contributed by atoms with Gasteiger partial charge >= 0.3 is 35.7 Å². The SMILES string of the molecule is Cl.NC(=O)O.[NaH]. The van der Waals surface area contributed by atoms with Crippen molar-refractivity contribution in [2.24, 2.45) is 5.73 Å². The van der Waals surface area contributed by atoms with Crippen LogP contribution in [0.4, 0.5) is 4.79 Å². The van der Waals surface area contributed by atoms with Crippen LogP contribution < -0.4 is 5.73 Å². The number of hydrogen-bond donors (Lipinski definition) is 2. The molecular formula is CH5ClNNaO2. The van der Waals surface area contributed by atoms with Crippen LogP contribution in [0.2, 0.25) is 0 Å². The molecule has 0 heterocycles. The molecule has 1 amide bonds. The quantitative estimate of drug-likeness (QED) is 0.420. The summed E-state index contributed by atoms with van der Waals surface area (Å²) in [6.45, 7) is 0. The van der Waals surface area contributed by atoms with Crippen LogP contribution >= 0.6 is 12.4 Å². The second kappa shape index (κ2) is 9.12. The molecule has 0 aromatic carbocycles. The van der Waals surface area contributed by atoms with E-state index in [1.54, 1.807) is 0 Å². The summed E-state index contributed by atoms with van der Waals surface area (Å²) in [7, 11) is 0. The Morgan fingerprint density at radius 1 is 1.67 bits per heavy atom. The molecule has 0 saturated heterocycles. The van der Waals surface area contributed by atoms with E-state index < -0.39 is 6.09 Å². The van der Waals surface area contributed by atoms with E-state index in [-0.39, 0.29) is 42.0 Å². The van der Waals surface area contributed by atoms with Crippen LogP contribution in [0.25, 0.3) is 0 Å². The molecular weight excluding hydrogens is 116 g/mol. The summed E-state index contributed by atoms with van der Waals surface area (Å²) in [4.78, 5) is 8.78. The summed E-state index contributed by atoms with van der Waals surface area (Å²) in [6.07, 6.45) is -1.33. The Morgan fingerprint density at radius 3 is 1.67 bits per heavy atom. The van der Waals surface area contributed by atoms with E-state index in [4.69, 9.17) is 9.90 Å². The molecule has 0 spiro atoms. The zero-order chi connectivity index (χ0) is 3.58. The Bertz CT molecular complexity index is 36.5. The Kier molecular flexibility index (Phi) is 24.3. The average molecular weight is 121 g/mol. The third-order valence-electron chi connectivity index (χ3n) is 0. The number of nitrogens with two attached hydrogens (primary N) is 1. The standard InChI is InChI=1S/CH3NO2.ClH.Na.H/c2-1(3)4;;;/h2H2,(H,3,4);1H;;. The molecule has 5 heteroatoms. The molecule has 0 aromatic rings. The van der Waals surface area contributed by atoms with E-state index >= 15 is 0 Å². The predicted molar refractivity (Wildman–Crippen MR) is 26.6 cm³/mol. The monoisotopic (exact) mass is 121 g/mol. The number of amides is 1. The van der Waals surface area contributed by atoms with Gasteiger partial charge in [0.15, 0.2) is 0 Å². The maximum absolute atomic E-state index is 8.78. The van der Waals surface area contributed by atoms with Gasteiger partial charge in [-0.25, -0.2) is 4.79 Å². The molecule has 0 rings (SSSR count). The third kappa shape index (κ3) is 184. The number of carboxylic acid groups (broad SMARTS) is 1. The van der Waals surface area contributed by atoms with Gasteiger partial charge in [0, 0.05) is 0 Å². The fourth-order valence-corrected chi connectivity index (χ4v) is 0. The van der Waals surface area contributed by atoms with E-state index in [0.29, 0.717) is 0 Å². The third-order valence-corrected chi connectivity index (χ3v) is 0. The molecule has 0 bridgehead atoms. The van der Waals surface area contributed by atoms with E-state index in [1.807, 2.05) is 0 Å². The normalized spacial score (nSPS) is 4.00. The van der Waals surface area contributed by atoms with Crippen molar-refractivity contribution in [1.82, 2.24) is 0 Å². The first-order valence-corrected chi connectivity index (χ1v) is 0.716. The topological polar surface area (TPSA) is 63.3 Å². The van der Waals surface area contributed by atoms with Crippen molar-refractivity contribution in [3.8, 4) is 0 Å². The second-order valence-electron chi connectivity index (χ2n) is 0.338. The summed E-state index contributed by atoms with van der Waals surface area (Å²) in [5, 5.41) is 7.19. The van der Waals surface area contributed by atoms with Crippen LogP contribution in [0.15, 0.2) is 0 Å². The van der Waals surface area contributed by atoms with Gasteiger partial charge < -0.3 is 10.8 Å². The van der Waals surface area contributed by atoms with Crippen LogP contribution in [0.3, 0.4) is 0 Å². The van der Waals surface area contributed by atoms with Gasteiger partial charge in [0.2, 0.25) is 0 Å². The molecule has 0 atom stereocenters. The van der Waals surface area contributed by atoms with Crippen molar-refractivity contribution < 1.29 is 9.90 Å². The first kappa shape index (κ1) is 16.0. The van der Waals surface area contributed by atoms with Crippen LogP contribution in [0.1, 0.15) is 0 Å². The first-order chi connectivity index (χ1) is 1.73. The minimum absolute atomic E-state index is 0. The summed E-state index contributed by atoms with van der Waals surface area (Å²) in [6, 6.07) is 0. The Morgan fingerprint density at radius 2 is 1.67 bits per heavy atom. The molecule has 0 unspecified atom stereocenters. The van der Waals surface area contributed by atoms with Crippen LogP contribution in [0.5, 0.6) is 0 Å². The number of carbonyl (C=O) groups is 1. The molecule has 3 N–H and O–H groups in total. The van der Waals surface area contributed by atoms with E-state index in [2.05, 4.69) is 5.73 Å². The number of halogens is 1. The van der Waals surface area contributed by atoms with Crippen molar-refractivity contribution in [2.45, 2.75) is 0 Å². The first-order valence-electron chi connectivity index (χ1n) is 0.716. The van der Waals surface area contributed by atoms with Gasteiger partial charge in [-0.15, -0.1) is 12.4 Å². The summed E-state index contributed by atoms with van der Waals surface area (Å²) in [5.74, 6) is 0. The molecule has 0 aliphatic rings. The summed E-state index contributed by atoms with van der Waals surface area (Å²) in [5.41, 5.74) is 4.03. The molecule has 3 nitrogen and oxygen atoms in total. The zero-order valence-electron chi connectivity index (χ0n) is 2.34. The van der Waals surface area contributed by atoms with Crippen molar-refractivity contribution in [2.75, 3.05) is 0 Å². The fourth-order valence-electron chi connectivity index (χ4n) is 0. The van der Waals surface area contributed by atoms with E-state index in [0.717, 1.165) is 0 Å². The minimum atomic E-state index is -1.33. The van der Waals surface area contributed by atoms with Gasteiger partial charge in [-0.3, -0.25) is 0 Å². The van der Waals surface area contributed by atoms with E-state index in [1.165, 1.54) is 0 Å². The Balaban J connectivity index is -0.0000000450. The van der Waals surface area contributed by atoms with Gasteiger partial charge in [-0.2, -0.15) is 0 Å². The van der Waals surface area contributed by atoms with Crippen LogP contribution in [-0.2, 0) is 0 Å². The number of rotatable bonds is 0. The van der Waals surface area contributed by atoms with Gasteiger partial charge in [0.05, 0.1) is 0 Å². The molecule has 0 fully saturated rings. The fraction of sp³-hybridized carbons (Fsp3) is 0. The van der Waals surface area contributed by atoms with Gasteiger partial charge in [-0.05, 0) is 0 Å². The van der Waals surface area contributed by atoms with Crippen molar-refractivity contribution in [3.05, 3.63) is 0 Å². The molecule has 0 aliphatic carbocycles. The maximum atomic E-state index is 8.78. The summed E-state index contributed by atoms with van der Waals surface area (Å²) >= 11 is 0. The van der Waals surface area contributed by atoms with Crippen molar-refractivity contribution >= 4 is 48.1 Å². The predicted octanol–water partition coefficient (Wildman–Crippen LogP) is -0.604. The Hall–Kier alpha value is 0.560. The van der Waals surface area contributed by atoms with E-state index in [9.17, 15) is 0 Å². The second-order valence-corrected chi connectivity index (χ2v) is 0.338. The van der Waals surface area contributed by atoms with Crippen molar-refractivity contribution in [1.29, 1.82) is 0 Å². The molecule has 34 valence electrons. The zero-order valence-corrected chi connectivity index (χ0v) is 3.16. The molecule has 0 aromatic heterocycles. The average Bonchev–Trinajstić information content (AvgIpc) is 0.811. The molecule has 0 saturated carbocycles. The molecule has 0 aliphatic heterocycles. The number of primary amides is 1. The Labute approximate surface area is 63.6 Å². The molecule has 6 heavy (non-hydrogen) atoms. The van der Waals surface area contributed by atoms with Crippen molar-refractivity contribution in [3.63, 3.8) is 0 Å². The van der Waals surface area contributed by atoms with Gasteiger partial charge in [0.25, 0.3) is 0 Å². The summed E-state index contributed by atoms with van der Waals surface area (Å²) < 4.78 is 0. The van der Waals surface area contributed by atoms with Gasteiger partial charge in [-0.1, -0.05) is 0 Å². The van der Waals surface area contributed by atoms with Gasteiger partial charge in [0.1, 0.15) is 0 Å².